The van der Waals surface area contributed by atoms with Crippen molar-refractivity contribution in [2.24, 2.45) is 0 Å². The van der Waals surface area contributed by atoms with Crippen LogP contribution in [0.25, 0.3) is 0 Å². The van der Waals surface area contributed by atoms with E-state index in [-0.39, 0.29) is 5.56 Å². The van der Waals surface area contributed by atoms with E-state index in [1.54, 1.807) is 0 Å². The van der Waals surface area contributed by atoms with E-state index in [1.165, 1.54) is 12.3 Å². The van der Waals surface area contributed by atoms with Crippen molar-refractivity contribution in [3.63, 3.8) is 0 Å². The number of anilines is 1. The van der Waals surface area contributed by atoms with Gasteiger partial charge in [-0.05, 0) is 30.0 Å². The number of halogens is 2. The van der Waals surface area contributed by atoms with E-state index in [4.69, 9.17) is 5.11 Å². The first kappa shape index (κ1) is 15.4. The van der Waals surface area contributed by atoms with Gasteiger partial charge in [0.05, 0.1) is 5.69 Å². The third kappa shape index (κ3) is 2.88. The van der Waals surface area contributed by atoms with Gasteiger partial charge in [-0.2, -0.15) is 0 Å². The van der Waals surface area contributed by atoms with Crippen molar-refractivity contribution in [3.05, 3.63) is 45.7 Å². The van der Waals surface area contributed by atoms with Crippen molar-refractivity contribution < 1.29 is 27.1 Å². The highest BCUT2D eigenvalue weighted by atomic mass is 32.2. The molecule has 0 bridgehead atoms. The van der Waals surface area contributed by atoms with E-state index < -0.39 is 43.1 Å². The second-order valence-electron chi connectivity index (χ2n) is 4.09. The largest absolute Gasteiger partial charge is 0.477 e. The lowest BCUT2D eigenvalue weighted by Gasteiger charge is -2.10. The van der Waals surface area contributed by atoms with E-state index in [9.17, 15) is 22.0 Å². The Morgan fingerprint density at radius 1 is 1.33 bits per heavy atom. The second kappa shape index (κ2) is 5.41. The molecule has 0 unspecified atom stereocenters. The van der Waals surface area contributed by atoms with Crippen molar-refractivity contribution in [3.8, 4) is 0 Å². The summed E-state index contributed by atoms with van der Waals surface area (Å²) in [5.41, 5.74) is -0.376. The lowest BCUT2D eigenvalue weighted by Crippen LogP contribution is -2.17. The van der Waals surface area contributed by atoms with Gasteiger partial charge in [0.15, 0.2) is 11.6 Å². The first-order chi connectivity index (χ1) is 9.74. The molecule has 5 nitrogen and oxygen atoms in total. The van der Waals surface area contributed by atoms with Crippen molar-refractivity contribution in [2.45, 2.75) is 11.8 Å². The number of hydrogen-bond acceptors (Lipinski definition) is 4. The average molecular weight is 333 g/mol. The van der Waals surface area contributed by atoms with Crippen LogP contribution in [0, 0.1) is 18.6 Å². The molecule has 112 valence electrons. The zero-order valence-electron chi connectivity index (χ0n) is 10.6. The molecule has 0 amide bonds. The third-order valence-electron chi connectivity index (χ3n) is 2.58. The van der Waals surface area contributed by atoms with Crippen molar-refractivity contribution in [1.29, 1.82) is 0 Å². The number of hydrogen-bond donors (Lipinski definition) is 2. The molecule has 1 aromatic carbocycles. The Balaban J connectivity index is 2.51. The minimum atomic E-state index is -4.34. The van der Waals surface area contributed by atoms with Gasteiger partial charge in [-0.3, -0.25) is 4.72 Å². The summed E-state index contributed by atoms with van der Waals surface area (Å²) in [6, 6.07) is 3.01. The molecular weight excluding hydrogens is 324 g/mol. The van der Waals surface area contributed by atoms with Crippen LogP contribution in [-0.4, -0.2) is 19.5 Å². The molecule has 0 aliphatic heterocycles. The molecule has 2 aromatic rings. The Kier molecular flexibility index (Phi) is 3.97. The Hall–Kier alpha value is -2.00. The molecule has 0 aliphatic rings. The van der Waals surface area contributed by atoms with Crippen LogP contribution >= 0.6 is 11.3 Å². The Morgan fingerprint density at radius 3 is 2.62 bits per heavy atom. The van der Waals surface area contributed by atoms with E-state index >= 15 is 0 Å². The first-order valence-electron chi connectivity index (χ1n) is 5.52. The maximum atomic E-state index is 13.5. The molecule has 0 atom stereocenters. The lowest BCUT2D eigenvalue weighted by atomic mass is 10.3. The van der Waals surface area contributed by atoms with Gasteiger partial charge in [0.2, 0.25) is 0 Å². The second-order valence-corrected chi connectivity index (χ2v) is 6.59. The summed E-state index contributed by atoms with van der Waals surface area (Å²) in [5, 5.41) is 10.4. The van der Waals surface area contributed by atoms with Gasteiger partial charge < -0.3 is 5.11 Å². The molecule has 1 aromatic heterocycles. The quantitative estimate of drug-likeness (QED) is 0.901. The van der Waals surface area contributed by atoms with E-state index in [0.717, 1.165) is 29.5 Å². The third-order valence-corrected chi connectivity index (χ3v) is 5.34. The molecule has 0 spiro atoms. The normalized spacial score (nSPS) is 11.4. The van der Waals surface area contributed by atoms with Crippen LogP contribution < -0.4 is 4.72 Å². The maximum Gasteiger partial charge on any atom is 0.347 e. The smallest absolute Gasteiger partial charge is 0.347 e. The monoisotopic (exact) mass is 333 g/mol. The van der Waals surface area contributed by atoms with E-state index in [1.807, 2.05) is 4.72 Å². The molecule has 0 aliphatic carbocycles. The molecule has 9 heteroatoms. The summed E-state index contributed by atoms with van der Waals surface area (Å²) < 4.78 is 52.9. The predicted molar refractivity (Wildman–Crippen MR) is 73.2 cm³/mol. The summed E-state index contributed by atoms with van der Waals surface area (Å²) in [6.45, 7) is 1.42. The molecule has 0 saturated carbocycles. The van der Waals surface area contributed by atoms with Gasteiger partial charge in [0.25, 0.3) is 10.0 Å². The molecule has 0 saturated heterocycles. The van der Waals surface area contributed by atoms with Crippen molar-refractivity contribution >= 4 is 33.0 Å². The van der Waals surface area contributed by atoms with Crippen LogP contribution in [0.3, 0.4) is 0 Å². The Morgan fingerprint density at radius 2 is 2.00 bits per heavy atom. The summed E-state index contributed by atoms with van der Waals surface area (Å²) in [6.07, 6.45) is 0. The predicted octanol–water partition coefficient (Wildman–Crippen LogP) is 2.83. The minimum absolute atomic E-state index is 0.210. The van der Waals surface area contributed by atoms with Crippen LogP contribution in [0.15, 0.2) is 28.5 Å². The van der Waals surface area contributed by atoms with Gasteiger partial charge in [-0.1, -0.05) is 6.07 Å². The molecule has 0 radical (unpaired) electrons. The number of nitrogens with one attached hydrogen (secondary N) is 1. The van der Waals surface area contributed by atoms with Crippen molar-refractivity contribution in [1.82, 2.24) is 0 Å². The lowest BCUT2D eigenvalue weighted by molar-refractivity contribution is 0.0698. The van der Waals surface area contributed by atoms with E-state index in [2.05, 4.69) is 0 Å². The van der Waals surface area contributed by atoms with Crippen LogP contribution in [0.4, 0.5) is 14.5 Å². The van der Waals surface area contributed by atoms with Gasteiger partial charge >= 0.3 is 5.97 Å². The zero-order chi connectivity index (χ0) is 15.8. The summed E-state index contributed by atoms with van der Waals surface area (Å²) >= 11 is 0.743. The van der Waals surface area contributed by atoms with Gasteiger partial charge in [0, 0.05) is 0 Å². The molecule has 0 fully saturated rings. The number of thiophene rings is 1. The minimum Gasteiger partial charge on any atom is -0.477 e. The molecule has 2 N–H and O–H groups in total. The topological polar surface area (TPSA) is 83.5 Å². The number of carboxylic acids is 1. The average Bonchev–Trinajstić information content (AvgIpc) is 2.78. The summed E-state index contributed by atoms with van der Waals surface area (Å²) in [7, 11) is -4.34. The van der Waals surface area contributed by atoms with Crippen LogP contribution in [0.1, 0.15) is 15.2 Å². The number of carbonyl (C=O) groups is 1. The fourth-order valence-electron chi connectivity index (χ4n) is 1.69. The molecule has 21 heavy (non-hydrogen) atoms. The van der Waals surface area contributed by atoms with Gasteiger partial charge in [-0.25, -0.2) is 22.0 Å². The number of benzene rings is 1. The van der Waals surface area contributed by atoms with Crippen molar-refractivity contribution in [2.75, 3.05) is 4.72 Å². The highest BCUT2D eigenvalue weighted by Crippen LogP contribution is 2.29. The SMILES string of the molecule is Cc1csc(C(=O)O)c1S(=O)(=O)Nc1cccc(F)c1F. The highest BCUT2D eigenvalue weighted by Gasteiger charge is 2.27. The Labute approximate surface area is 122 Å². The molecule has 1 heterocycles. The number of aromatic carboxylic acids is 1. The number of rotatable bonds is 4. The first-order valence-corrected chi connectivity index (χ1v) is 7.88. The summed E-state index contributed by atoms with van der Waals surface area (Å²) in [4.78, 5) is 10.2. The van der Waals surface area contributed by atoms with Crippen LogP contribution in [-0.2, 0) is 10.0 Å². The summed E-state index contributed by atoms with van der Waals surface area (Å²) in [5.74, 6) is -3.98. The Bertz CT molecular complexity index is 815. The zero-order valence-corrected chi connectivity index (χ0v) is 12.2. The fourth-order valence-corrected chi connectivity index (χ4v) is 4.39. The van der Waals surface area contributed by atoms with Crippen LogP contribution in [0.5, 0.6) is 0 Å². The molecule has 2 rings (SSSR count). The number of sulfonamides is 1. The number of aryl methyl sites for hydroxylation is 1. The fraction of sp³-hybridized carbons (Fsp3) is 0.0833. The molecular formula is C12H9F2NO4S2. The maximum absolute atomic E-state index is 13.5. The number of carboxylic acid groups (broad SMARTS) is 1. The van der Waals surface area contributed by atoms with Gasteiger partial charge in [0.1, 0.15) is 9.77 Å². The van der Waals surface area contributed by atoms with Gasteiger partial charge in [-0.15, -0.1) is 11.3 Å². The van der Waals surface area contributed by atoms with E-state index in [0.29, 0.717) is 0 Å². The van der Waals surface area contributed by atoms with Crippen LogP contribution in [0.2, 0.25) is 0 Å². The standard InChI is InChI=1S/C12H9F2NO4S2/c1-6-5-20-10(12(16)17)11(6)21(18,19)15-8-4-2-3-7(13)9(8)14/h2-5,15H,1H3,(H,16,17). The highest BCUT2D eigenvalue weighted by molar-refractivity contribution is 7.93.